The number of hydrogen-bond acceptors (Lipinski definition) is 7. The maximum Gasteiger partial charge on any atom is 0.251 e. The normalized spacial score (nSPS) is 35.7. The first-order valence-corrected chi connectivity index (χ1v) is 22.9. The molecule has 54 heavy (non-hydrogen) atoms. The molecule has 7 rings (SSSR count). The first-order chi connectivity index (χ1) is 26.3. The monoisotopic (exact) mass is 751 g/mol. The van der Waals surface area contributed by atoms with Gasteiger partial charge in [0.1, 0.15) is 6.04 Å². The largest absolute Gasteiger partial charge is 0.393 e. The van der Waals surface area contributed by atoms with E-state index in [-0.39, 0.29) is 29.7 Å². The van der Waals surface area contributed by atoms with Crippen molar-refractivity contribution in [2.75, 3.05) is 52.9 Å². The zero-order valence-corrected chi connectivity index (χ0v) is 34.1. The zero-order valence-electron chi connectivity index (χ0n) is 34.1. The molecule has 7 fully saturated rings. The van der Waals surface area contributed by atoms with Gasteiger partial charge >= 0.3 is 0 Å². The molecule has 0 radical (unpaired) electrons. The Labute approximate surface area is 326 Å². The number of carbonyl (C=O) groups excluding carboxylic acids is 3. The Morgan fingerprint density at radius 2 is 1.44 bits per heavy atom. The number of piperazine rings is 1. The number of likely N-dealkylation sites (N-methyl/N-ethyl adjacent to an activating group) is 1. The molecular formula is C45H74N4O5. The molecule has 0 aromatic carbocycles. The molecule has 0 bridgehead atoms. The van der Waals surface area contributed by atoms with Crippen molar-refractivity contribution in [3.63, 3.8) is 0 Å². The quantitative estimate of drug-likeness (QED) is 0.124. The van der Waals surface area contributed by atoms with Crippen molar-refractivity contribution in [2.45, 2.75) is 172 Å². The number of piperidine rings is 1. The second-order valence-corrected chi connectivity index (χ2v) is 18.6. The van der Waals surface area contributed by atoms with Crippen LogP contribution >= 0.6 is 0 Å². The minimum atomic E-state index is -0.455. The number of ether oxygens (including phenoxy) is 1. The molecule has 0 aromatic rings. The van der Waals surface area contributed by atoms with Gasteiger partial charge in [0, 0.05) is 64.8 Å². The van der Waals surface area contributed by atoms with Gasteiger partial charge in [-0.1, -0.05) is 37.3 Å². The van der Waals surface area contributed by atoms with Crippen LogP contribution in [0.4, 0.5) is 0 Å². The predicted octanol–water partition coefficient (Wildman–Crippen LogP) is 6.96. The fourth-order valence-corrected chi connectivity index (χ4v) is 12.3. The fraction of sp³-hybridized carbons (Fsp3) is 0.889. The molecular weight excluding hydrogens is 677 g/mol. The molecule has 3 amide bonds. The number of aliphatic hydroxyl groups excluding tert-OH is 1. The smallest absolute Gasteiger partial charge is 0.251 e. The number of rotatable bonds is 13. The number of carbonyl (C=O) groups is 3. The highest BCUT2D eigenvalue weighted by molar-refractivity contribution is 6.01. The van der Waals surface area contributed by atoms with E-state index in [0.29, 0.717) is 43.4 Å². The van der Waals surface area contributed by atoms with Gasteiger partial charge in [-0.25, -0.2) is 0 Å². The van der Waals surface area contributed by atoms with Gasteiger partial charge < -0.3 is 19.6 Å². The Morgan fingerprint density at radius 1 is 0.741 bits per heavy atom. The van der Waals surface area contributed by atoms with Crippen molar-refractivity contribution < 1.29 is 24.2 Å². The van der Waals surface area contributed by atoms with Crippen LogP contribution in [0.15, 0.2) is 11.1 Å². The molecule has 7 aliphatic rings. The summed E-state index contributed by atoms with van der Waals surface area (Å²) in [6, 6.07) is 0.0813. The van der Waals surface area contributed by atoms with Gasteiger partial charge in [-0.15, -0.1) is 0 Å². The minimum Gasteiger partial charge on any atom is -0.393 e. The average Bonchev–Trinajstić information content (AvgIpc) is 3.53. The van der Waals surface area contributed by atoms with Crippen LogP contribution in [0.2, 0.25) is 0 Å². The summed E-state index contributed by atoms with van der Waals surface area (Å²) in [5.74, 6) is 2.46. The second kappa shape index (κ2) is 19.1. The van der Waals surface area contributed by atoms with E-state index in [1.165, 1.54) is 101 Å². The molecule has 3 saturated heterocycles. The predicted molar refractivity (Wildman–Crippen MR) is 213 cm³/mol. The number of likely N-dealkylation sites (tertiary alicyclic amines) is 2. The summed E-state index contributed by atoms with van der Waals surface area (Å²) in [6.45, 7) is 9.66. The maximum absolute atomic E-state index is 13.3. The van der Waals surface area contributed by atoms with Gasteiger partial charge in [0.2, 0.25) is 11.8 Å². The Morgan fingerprint density at radius 3 is 2.15 bits per heavy atom. The molecule has 9 nitrogen and oxygen atoms in total. The van der Waals surface area contributed by atoms with E-state index in [0.717, 1.165) is 83.1 Å². The fourth-order valence-electron chi connectivity index (χ4n) is 12.3. The van der Waals surface area contributed by atoms with E-state index in [4.69, 9.17) is 4.74 Å². The maximum atomic E-state index is 13.3. The van der Waals surface area contributed by atoms with Crippen LogP contribution < -0.4 is 0 Å². The molecule has 4 atom stereocenters. The molecule has 304 valence electrons. The Balaban J connectivity index is 0.776. The van der Waals surface area contributed by atoms with Crippen LogP contribution in [0, 0.1) is 29.6 Å². The molecule has 0 spiro atoms. The summed E-state index contributed by atoms with van der Waals surface area (Å²) in [4.78, 5) is 46.6. The van der Waals surface area contributed by atoms with Gasteiger partial charge in [-0.2, -0.15) is 0 Å². The second-order valence-electron chi connectivity index (χ2n) is 18.6. The summed E-state index contributed by atoms with van der Waals surface area (Å²) in [6.07, 6.45) is 25.5. The van der Waals surface area contributed by atoms with Crippen molar-refractivity contribution in [3.05, 3.63) is 11.1 Å². The number of imide groups is 1. The van der Waals surface area contributed by atoms with Crippen LogP contribution in [-0.4, -0.2) is 120 Å². The standard InChI is InChI=1S/C45H74N4O5/c1-3-39(32-10-6-4-7-11-32)43(33-12-17-37(50)18-13-33)34-14-19-38(20-15-34)54-29-9-5-8-24-47-25-27-48(28-26-47)36-16-21-40-35(30-36)31-49(44(40)52)41-22-23-42(51)46(2)45(41)53/h32-38,40-41,50H,3-31H2,1-2H3/b43-39-. The summed E-state index contributed by atoms with van der Waals surface area (Å²) in [7, 11) is 1.55. The van der Waals surface area contributed by atoms with Gasteiger partial charge in [0.25, 0.3) is 5.91 Å². The van der Waals surface area contributed by atoms with E-state index in [9.17, 15) is 19.5 Å². The van der Waals surface area contributed by atoms with E-state index < -0.39 is 6.04 Å². The lowest BCUT2D eigenvalue weighted by atomic mass is 9.68. The summed E-state index contributed by atoms with van der Waals surface area (Å²) in [5.41, 5.74) is 3.70. The van der Waals surface area contributed by atoms with E-state index in [1.54, 1.807) is 7.05 Å². The third kappa shape index (κ3) is 9.48. The third-order valence-corrected chi connectivity index (χ3v) is 15.5. The molecule has 1 N–H and O–H groups in total. The van der Waals surface area contributed by atoms with E-state index in [1.807, 2.05) is 16.0 Å². The van der Waals surface area contributed by atoms with Crippen molar-refractivity contribution >= 4 is 17.7 Å². The average molecular weight is 751 g/mol. The van der Waals surface area contributed by atoms with Gasteiger partial charge in [-0.05, 0) is 146 Å². The molecule has 4 unspecified atom stereocenters. The van der Waals surface area contributed by atoms with Crippen LogP contribution in [0.5, 0.6) is 0 Å². The first kappa shape index (κ1) is 40.4. The summed E-state index contributed by atoms with van der Waals surface area (Å²) in [5, 5.41) is 10.3. The van der Waals surface area contributed by atoms with E-state index in [2.05, 4.69) is 16.7 Å². The number of aliphatic hydroxyl groups is 1. The minimum absolute atomic E-state index is 0.0510. The SMILES string of the molecule is CC/C(=C(\C1CCC(O)CC1)C1CCC(OCCCCCN2CCN(C3CCC4C(=O)N(C5CCC(=O)N(C)C5=O)CC4C3)CC2)CC1)C1CCCCC1. The first-order valence-electron chi connectivity index (χ1n) is 22.9. The lowest BCUT2D eigenvalue weighted by Gasteiger charge is -2.42. The molecule has 3 heterocycles. The highest BCUT2D eigenvalue weighted by Gasteiger charge is 2.49. The van der Waals surface area contributed by atoms with Crippen molar-refractivity contribution in [2.24, 2.45) is 29.6 Å². The van der Waals surface area contributed by atoms with Crippen LogP contribution in [0.25, 0.3) is 0 Å². The molecule has 9 heteroatoms. The van der Waals surface area contributed by atoms with Crippen LogP contribution in [-0.2, 0) is 19.1 Å². The van der Waals surface area contributed by atoms with Crippen LogP contribution in [0.3, 0.4) is 0 Å². The van der Waals surface area contributed by atoms with Gasteiger partial charge in [0.05, 0.1) is 12.2 Å². The number of unbranched alkanes of at least 4 members (excludes halogenated alkanes) is 2. The molecule has 0 aromatic heterocycles. The topological polar surface area (TPSA) is 93.6 Å². The van der Waals surface area contributed by atoms with Crippen LogP contribution in [0.1, 0.15) is 148 Å². The summed E-state index contributed by atoms with van der Waals surface area (Å²) < 4.78 is 6.51. The van der Waals surface area contributed by atoms with Crippen molar-refractivity contribution in [1.82, 2.24) is 19.6 Å². The van der Waals surface area contributed by atoms with Gasteiger partial charge in [0.15, 0.2) is 0 Å². The lowest BCUT2D eigenvalue weighted by molar-refractivity contribution is -0.154. The lowest BCUT2D eigenvalue weighted by Crippen LogP contribution is -2.53. The zero-order chi connectivity index (χ0) is 37.6. The number of hydrogen-bond donors (Lipinski definition) is 1. The number of amides is 3. The van der Waals surface area contributed by atoms with Gasteiger partial charge in [-0.3, -0.25) is 24.2 Å². The Hall–Kier alpha value is -1.81. The number of nitrogens with zero attached hydrogens (tertiary/aromatic N) is 4. The molecule has 4 aliphatic carbocycles. The number of fused-ring (bicyclic) bond motifs is 1. The third-order valence-electron chi connectivity index (χ3n) is 15.5. The van der Waals surface area contributed by atoms with Crippen molar-refractivity contribution in [3.8, 4) is 0 Å². The number of allylic oxidation sites excluding steroid dienone is 2. The Bertz CT molecular complexity index is 1290. The van der Waals surface area contributed by atoms with E-state index >= 15 is 0 Å². The Kier molecular flexibility index (Phi) is 14.3. The highest BCUT2D eigenvalue weighted by atomic mass is 16.5. The molecule has 3 aliphatic heterocycles. The molecule has 4 saturated carbocycles. The summed E-state index contributed by atoms with van der Waals surface area (Å²) >= 11 is 0. The highest BCUT2D eigenvalue weighted by Crippen LogP contribution is 2.46. The van der Waals surface area contributed by atoms with Crippen molar-refractivity contribution in [1.29, 1.82) is 0 Å².